The molecule has 0 aliphatic carbocycles. The van der Waals surface area contributed by atoms with Gasteiger partial charge in [-0.25, -0.2) is 9.97 Å². The molecule has 9 nitrogen and oxygen atoms in total. The Labute approximate surface area is 193 Å². The molecule has 0 aromatic carbocycles. The summed E-state index contributed by atoms with van der Waals surface area (Å²) in [4.78, 5) is 14.2. The van der Waals surface area contributed by atoms with Gasteiger partial charge in [-0.3, -0.25) is 4.90 Å². The van der Waals surface area contributed by atoms with Gasteiger partial charge in [0, 0.05) is 55.7 Å². The highest BCUT2D eigenvalue weighted by atomic mass is 16.5. The van der Waals surface area contributed by atoms with Crippen molar-refractivity contribution in [2.75, 3.05) is 62.7 Å². The van der Waals surface area contributed by atoms with Gasteiger partial charge in [0.15, 0.2) is 11.4 Å². The Bertz CT molecular complexity index is 1070. The van der Waals surface area contributed by atoms with E-state index in [-0.39, 0.29) is 0 Å². The highest BCUT2D eigenvalue weighted by Crippen LogP contribution is 2.40. The van der Waals surface area contributed by atoms with E-state index in [4.69, 9.17) is 14.5 Å². The van der Waals surface area contributed by atoms with Crippen LogP contribution in [0.25, 0.3) is 0 Å². The van der Waals surface area contributed by atoms with Crippen LogP contribution in [0, 0.1) is 11.3 Å². The fourth-order valence-electron chi connectivity index (χ4n) is 5.27. The minimum Gasteiger partial charge on any atom is -0.483 e. The third-order valence-corrected chi connectivity index (χ3v) is 7.32. The van der Waals surface area contributed by atoms with Crippen LogP contribution in [0.5, 0.6) is 5.75 Å². The van der Waals surface area contributed by atoms with Gasteiger partial charge in [-0.1, -0.05) is 0 Å². The summed E-state index contributed by atoms with van der Waals surface area (Å²) in [5.74, 6) is 1.65. The van der Waals surface area contributed by atoms with E-state index in [9.17, 15) is 5.26 Å². The van der Waals surface area contributed by atoms with Gasteiger partial charge in [-0.05, 0) is 38.1 Å². The van der Waals surface area contributed by atoms with Crippen LogP contribution >= 0.6 is 0 Å². The molecule has 4 aliphatic rings. The first-order valence-corrected chi connectivity index (χ1v) is 11.9. The lowest BCUT2D eigenvalue weighted by Gasteiger charge is -2.42. The van der Waals surface area contributed by atoms with E-state index in [0.29, 0.717) is 43.2 Å². The Morgan fingerprint density at radius 1 is 1.12 bits per heavy atom. The number of hydrogen-bond acceptors (Lipinski definition) is 9. The smallest absolute Gasteiger partial charge is 0.185 e. The molecule has 0 saturated carbocycles. The lowest BCUT2D eigenvalue weighted by molar-refractivity contribution is 0.112. The lowest BCUT2D eigenvalue weighted by atomic mass is 9.91. The fourth-order valence-corrected chi connectivity index (χ4v) is 5.27. The molecule has 0 amide bonds. The third-order valence-electron chi connectivity index (χ3n) is 7.32. The predicted molar refractivity (Wildman–Crippen MR) is 124 cm³/mol. The van der Waals surface area contributed by atoms with Gasteiger partial charge in [0.05, 0.1) is 24.5 Å². The van der Waals surface area contributed by atoms with E-state index in [1.54, 1.807) is 0 Å². The Kier molecular flexibility index (Phi) is 5.50. The Morgan fingerprint density at radius 2 is 1.94 bits per heavy atom. The first-order chi connectivity index (χ1) is 16.3. The zero-order valence-corrected chi connectivity index (χ0v) is 18.7. The van der Waals surface area contributed by atoms with Gasteiger partial charge in [0.2, 0.25) is 0 Å². The average Bonchev–Trinajstić information content (AvgIpc) is 3.02. The zero-order valence-electron chi connectivity index (χ0n) is 18.7. The van der Waals surface area contributed by atoms with Crippen molar-refractivity contribution >= 4 is 17.2 Å². The zero-order chi connectivity index (χ0) is 22.2. The number of hydrogen-bond donors (Lipinski definition) is 2. The third kappa shape index (κ3) is 3.88. The predicted octanol–water partition coefficient (Wildman–Crippen LogP) is 1.97. The number of rotatable bonds is 3. The quantitative estimate of drug-likeness (QED) is 0.732. The van der Waals surface area contributed by atoms with Crippen LogP contribution in [0.15, 0.2) is 18.3 Å². The van der Waals surface area contributed by atoms with Crippen molar-refractivity contribution < 1.29 is 9.47 Å². The highest BCUT2D eigenvalue weighted by Gasteiger charge is 2.31. The molecule has 0 unspecified atom stereocenters. The molecule has 2 aromatic heterocycles. The summed E-state index contributed by atoms with van der Waals surface area (Å²) in [6.07, 6.45) is 3.95. The number of nitrogens with one attached hydrogen (secondary N) is 2. The van der Waals surface area contributed by atoms with E-state index in [2.05, 4.69) is 37.6 Å². The average molecular weight is 448 g/mol. The number of aromatic nitrogens is 2. The first-order valence-electron chi connectivity index (χ1n) is 11.9. The van der Waals surface area contributed by atoms with E-state index in [1.165, 1.54) is 0 Å². The maximum Gasteiger partial charge on any atom is 0.185 e. The first kappa shape index (κ1) is 20.7. The molecule has 2 N–H and O–H groups in total. The number of morpholine rings is 1. The van der Waals surface area contributed by atoms with E-state index >= 15 is 0 Å². The standard InChI is InChI=1S/C24H29N7O2/c25-12-21-23-20(11-19(28-21)16-2-5-30(6-3-16)17-13-26-14-17)29-24-18(15-33-23)22(1-4-27-24)31-7-9-32-10-8-31/h1,4,11,16-17,26H,2-3,5-10,13-15H2,(H,27,29). The van der Waals surface area contributed by atoms with Crippen LogP contribution in [0.1, 0.15) is 35.7 Å². The molecule has 172 valence electrons. The monoisotopic (exact) mass is 447 g/mol. The molecule has 0 atom stereocenters. The van der Waals surface area contributed by atoms with Gasteiger partial charge in [0.1, 0.15) is 18.5 Å². The molecular formula is C24H29N7O2. The molecule has 9 heteroatoms. The van der Waals surface area contributed by atoms with Gasteiger partial charge in [-0.15, -0.1) is 0 Å². The highest BCUT2D eigenvalue weighted by molar-refractivity contribution is 5.74. The number of nitriles is 1. The van der Waals surface area contributed by atoms with Crippen molar-refractivity contribution in [1.29, 1.82) is 5.26 Å². The molecule has 6 heterocycles. The molecule has 0 radical (unpaired) electrons. The van der Waals surface area contributed by atoms with Crippen LogP contribution < -0.4 is 20.3 Å². The summed E-state index contributed by atoms with van der Waals surface area (Å²) in [5, 5.41) is 16.7. The van der Waals surface area contributed by atoms with E-state index < -0.39 is 0 Å². The fraction of sp³-hybridized carbons (Fsp3) is 0.542. The second-order valence-corrected chi connectivity index (χ2v) is 9.18. The number of likely N-dealkylation sites (tertiary alicyclic amines) is 1. The number of anilines is 3. The summed E-state index contributed by atoms with van der Waals surface area (Å²) in [6, 6.07) is 7.05. The molecule has 4 aliphatic heterocycles. The summed E-state index contributed by atoms with van der Waals surface area (Å²) < 4.78 is 11.7. The molecule has 3 fully saturated rings. The summed E-state index contributed by atoms with van der Waals surface area (Å²) in [7, 11) is 0. The molecule has 33 heavy (non-hydrogen) atoms. The largest absolute Gasteiger partial charge is 0.483 e. The molecule has 6 rings (SSSR count). The van der Waals surface area contributed by atoms with Crippen LogP contribution in [0.2, 0.25) is 0 Å². The SMILES string of the molecule is N#Cc1nc(C2CCN(C3CNC3)CC2)cc2c1OCc1c(N3CCOCC3)ccnc1N2. The molecule has 3 saturated heterocycles. The minimum atomic E-state index is 0.347. The second-order valence-electron chi connectivity index (χ2n) is 9.18. The van der Waals surface area contributed by atoms with Crippen molar-refractivity contribution in [2.24, 2.45) is 0 Å². The van der Waals surface area contributed by atoms with E-state index in [1.807, 2.05) is 12.3 Å². The molecular weight excluding hydrogens is 418 g/mol. The lowest BCUT2D eigenvalue weighted by Crippen LogP contribution is -2.58. The van der Waals surface area contributed by atoms with Crippen molar-refractivity contribution in [3.05, 3.63) is 35.3 Å². The molecule has 2 aromatic rings. The van der Waals surface area contributed by atoms with Crippen LogP contribution in [0.4, 0.5) is 17.2 Å². The summed E-state index contributed by atoms with van der Waals surface area (Å²) >= 11 is 0. The van der Waals surface area contributed by atoms with Crippen LogP contribution in [-0.4, -0.2) is 73.4 Å². The number of fused-ring (bicyclic) bond motifs is 2. The maximum atomic E-state index is 9.86. The summed E-state index contributed by atoms with van der Waals surface area (Å²) in [6.45, 7) is 7.81. The minimum absolute atomic E-state index is 0.347. The topological polar surface area (TPSA) is 98.6 Å². The van der Waals surface area contributed by atoms with Crippen molar-refractivity contribution in [2.45, 2.75) is 31.4 Å². The van der Waals surface area contributed by atoms with Crippen LogP contribution in [-0.2, 0) is 11.3 Å². The number of piperidine rings is 1. The maximum absolute atomic E-state index is 9.86. The van der Waals surface area contributed by atoms with Crippen molar-refractivity contribution in [3.8, 4) is 11.8 Å². The summed E-state index contributed by atoms with van der Waals surface area (Å²) in [5.41, 5.74) is 4.21. The van der Waals surface area contributed by atoms with Gasteiger partial charge in [-0.2, -0.15) is 5.26 Å². The van der Waals surface area contributed by atoms with Gasteiger partial charge < -0.3 is 25.0 Å². The Hall–Kier alpha value is -2.93. The Balaban J connectivity index is 1.28. The number of ether oxygens (including phenoxy) is 2. The number of nitrogens with zero attached hydrogens (tertiary/aromatic N) is 5. The Morgan fingerprint density at radius 3 is 2.67 bits per heavy atom. The molecule has 0 bridgehead atoms. The van der Waals surface area contributed by atoms with Crippen LogP contribution in [0.3, 0.4) is 0 Å². The van der Waals surface area contributed by atoms with Crippen molar-refractivity contribution in [1.82, 2.24) is 20.2 Å². The van der Waals surface area contributed by atoms with E-state index in [0.717, 1.165) is 80.6 Å². The number of pyridine rings is 2. The van der Waals surface area contributed by atoms with Gasteiger partial charge in [0.25, 0.3) is 0 Å². The van der Waals surface area contributed by atoms with Crippen molar-refractivity contribution in [3.63, 3.8) is 0 Å². The molecule has 0 spiro atoms. The normalized spacial score (nSPS) is 21.6. The second kappa shape index (κ2) is 8.78. The van der Waals surface area contributed by atoms with Gasteiger partial charge >= 0.3 is 0 Å².